The molecule has 3 amide bonds. The maximum absolute atomic E-state index is 13.7. The van der Waals surface area contributed by atoms with Gasteiger partial charge in [0.25, 0.3) is 0 Å². The van der Waals surface area contributed by atoms with Crippen LogP contribution in [0.5, 0.6) is 0 Å². The summed E-state index contributed by atoms with van der Waals surface area (Å²) in [6.45, 7) is 8.32. The van der Waals surface area contributed by atoms with Crippen molar-refractivity contribution in [2.75, 3.05) is 26.3 Å². The van der Waals surface area contributed by atoms with Gasteiger partial charge in [-0.05, 0) is 55.2 Å². The molecule has 0 fully saturated rings. The minimum Gasteiger partial charge on any atom is -0.463 e. The fraction of sp³-hybridized carbons (Fsp3) is 0.381. The SMILES string of the molecule is C=CC[C@@H](CC(=O)N(CCO)Cc1ccccc1)C(=O)N[C@@H](CCCCNC(=O)OCc1ccccc1)COC(=O)[C@@H](CC=C)Cc1ccccc1. The molecule has 10 nitrogen and oxygen atoms in total. The molecule has 0 aliphatic heterocycles. The molecule has 0 unspecified atom stereocenters. The summed E-state index contributed by atoms with van der Waals surface area (Å²) in [6, 6.07) is 28.0. The monoisotopic (exact) mass is 711 g/mol. The molecule has 0 aliphatic carbocycles. The highest BCUT2D eigenvalue weighted by molar-refractivity contribution is 5.86. The van der Waals surface area contributed by atoms with Gasteiger partial charge in [-0.25, -0.2) is 4.79 Å². The van der Waals surface area contributed by atoms with Crippen LogP contribution in [-0.2, 0) is 43.4 Å². The van der Waals surface area contributed by atoms with Crippen LogP contribution in [0.15, 0.2) is 116 Å². The molecule has 3 atom stereocenters. The van der Waals surface area contributed by atoms with Crippen LogP contribution >= 0.6 is 0 Å². The third-order valence-corrected chi connectivity index (χ3v) is 8.53. The lowest BCUT2D eigenvalue weighted by molar-refractivity contribution is -0.150. The fourth-order valence-electron chi connectivity index (χ4n) is 5.70. The van der Waals surface area contributed by atoms with E-state index in [-0.39, 0.29) is 57.0 Å². The summed E-state index contributed by atoms with van der Waals surface area (Å²) in [5.41, 5.74) is 2.81. The number of nitrogens with zero attached hydrogens (tertiary/aromatic N) is 1. The number of nitrogens with one attached hydrogen (secondary N) is 2. The van der Waals surface area contributed by atoms with Crippen molar-refractivity contribution < 1.29 is 33.8 Å². The molecule has 3 N–H and O–H groups in total. The largest absolute Gasteiger partial charge is 0.463 e. The van der Waals surface area contributed by atoms with E-state index in [4.69, 9.17) is 9.47 Å². The van der Waals surface area contributed by atoms with Crippen molar-refractivity contribution >= 4 is 23.9 Å². The first-order valence-electron chi connectivity index (χ1n) is 17.9. The number of hydrogen-bond donors (Lipinski definition) is 3. The number of hydrogen-bond acceptors (Lipinski definition) is 7. The number of esters is 1. The topological polar surface area (TPSA) is 134 Å². The predicted octanol–water partition coefficient (Wildman–Crippen LogP) is 6.15. The van der Waals surface area contributed by atoms with Gasteiger partial charge in [-0.15, -0.1) is 13.2 Å². The van der Waals surface area contributed by atoms with E-state index < -0.39 is 24.0 Å². The first-order chi connectivity index (χ1) is 25.3. The Labute approximate surface area is 307 Å². The summed E-state index contributed by atoms with van der Waals surface area (Å²) in [5.74, 6) is -2.15. The molecule has 0 saturated heterocycles. The molecule has 0 saturated carbocycles. The van der Waals surface area contributed by atoms with Gasteiger partial charge in [0.05, 0.1) is 24.5 Å². The van der Waals surface area contributed by atoms with Gasteiger partial charge in [0.15, 0.2) is 0 Å². The highest BCUT2D eigenvalue weighted by atomic mass is 16.5. The Morgan fingerprint density at radius 1 is 0.769 bits per heavy atom. The summed E-state index contributed by atoms with van der Waals surface area (Å²) in [6.07, 6.45) is 5.55. The molecule has 0 aliphatic rings. The van der Waals surface area contributed by atoms with Gasteiger partial charge < -0.3 is 30.1 Å². The fourth-order valence-corrected chi connectivity index (χ4v) is 5.70. The normalized spacial score (nSPS) is 12.4. The van der Waals surface area contributed by atoms with Gasteiger partial charge >= 0.3 is 12.1 Å². The number of unbranched alkanes of at least 4 members (excludes halogenated alkanes) is 1. The van der Waals surface area contributed by atoms with Crippen molar-refractivity contribution in [3.8, 4) is 0 Å². The van der Waals surface area contributed by atoms with Crippen molar-refractivity contribution in [2.45, 2.75) is 64.1 Å². The van der Waals surface area contributed by atoms with Gasteiger partial charge in [0.2, 0.25) is 11.8 Å². The van der Waals surface area contributed by atoms with Crippen molar-refractivity contribution in [3.63, 3.8) is 0 Å². The summed E-state index contributed by atoms with van der Waals surface area (Å²) in [4.78, 5) is 54.1. The third-order valence-electron chi connectivity index (χ3n) is 8.53. The Bertz CT molecular complexity index is 1520. The lowest BCUT2D eigenvalue weighted by Crippen LogP contribution is -2.44. The Hall–Kier alpha value is -5.22. The standard InChI is InChI=1S/C42H53N3O7/c1-3-16-36(29-39(47)45(26-27-46)30-34-20-10-6-11-21-34)40(48)44-38(24-14-15-25-43-42(50)52-31-35-22-12-7-13-23-35)32-51-41(49)37(17-4-2)28-33-18-8-5-9-19-33/h3-13,18-23,36-38,46H,1-2,14-17,24-32H2,(H,43,50)(H,44,48)/t36-,37-,38-/m0/s1. The van der Waals surface area contributed by atoms with Crippen molar-refractivity contribution in [1.82, 2.24) is 15.5 Å². The Morgan fingerprint density at radius 3 is 1.98 bits per heavy atom. The molecule has 0 aromatic heterocycles. The number of carbonyl (C=O) groups excluding carboxylic acids is 4. The molecular formula is C42H53N3O7. The summed E-state index contributed by atoms with van der Waals surface area (Å²) < 4.78 is 11.1. The van der Waals surface area contributed by atoms with E-state index in [1.165, 1.54) is 0 Å². The van der Waals surface area contributed by atoms with Crippen LogP contribution in [0.2, 0.25) is 0 Å². The van der Waals surface area contributed by atoms with E-state index in [0.29, 0.717) is 45.2 Å². The Morgan fingerprint density at radius 2 is 1.37 bits per heavy atom. The quantitative estimate of drug-likeness (QED) is 0.0577. The minimum absolute atomic E-state index is 0.0566. The molecule has 278 valence electrons. The average Bonchev–Trinajstić information content (AvgIpc) is 3.16. The second-order valence-electron chi connectivity index (χ2n) is 12.7. The zero-order chi connectivity index (χ0) is 37.4. The summed E-state index contributed by atoms with van der Waals surface area (Å²) in [5, 5.41) is 15.4. The highest BCUT2D eigenvalue weighted by Gasteiger charge is 2.27. The van der Waals surface area contributed by atoms with E-state index in [2.05, 4.69) is 23.8 Å². The van der Waals surface area contributed by atoms with Gasteiger partial charge in [-0.2, -0.15) is 0 Å². The molecule has 10 heteroatoms. The van der Waals surface area contributed by atoms with Crippen LogP contribution < -0.4 is 10.6 Å². The number of aliphatic hydroxyl groups is 1. The number of benzene rings is 3. The lowest BCUT2D eigenvalue weighted by atomic mass is 9.96. The highest BCUT2D eigenvalue weighted by Crippen LogP contribution is 2.18. The molecule has 0 radical (unpaired) electrons. The molecule has 3 aromatic carbocycles. The molecule has 0 heterocycles. The van der Waals surface area contributed by atoms with Crippen molar-refractivity contribution in [1.29, 1.82) is 0 Å². The molecular weight excluding hydrogens is 658 g/mol. The predicted molar refractivity (Wildman–Crippen MR) is 202 cm³/mol. The van der Waals surface area contributed by atoms with E-state index >= 15 is 0 Å². The van der Waals surface area contributed by atoms with Gasteiger partial charge in [0, 0.05) is 26.1 Å². The number of aliphatic hydroxyl groups excluding tert-OH is 1. The van der Waals surface area contributed by atoms with Crippen LogP contribution in [0.1, 0.15) is 55.2 Å². The molecule has 52 heavy (non-hydrogen) atoms. The van der Waals surface area contributed by atoms with E-state index in [1.807, 2.05) is 91.0 Å². The zero-order valence-corrected chi connectivity index (χ0v) is 30.0. The van der Waals surface area contributed by atoms with Gasteiger partial charge in [-0.1, -0.05) is 103 Å². The lowest BCUT2D eigenvalue weighted by Gasteiger charge is -2.26. The average molecular weight is 712 g/mol. The smallest absolute Gasteiger partial charge is 0.407 e. The number of amides is 3. The van der Waals surface area contributed by atoms with Crippen molar-refractivity contribution in [2.24, 2.45) is 11.8 Å². The molecule has 3 aromatic rings. The minimum atomic E-state index is -0.715. The first-order valence-corrected chi connectivity index (χ1v) is 17.9. The zero-order valence-electron chi connectivity index (χ0n) is 30.0. The number of ether oxygens (including phenoxy) is 2. The van der Waals surface area contributed by atoms with Gasteiger partial charge in [0.1, 0.15) is 13.2 Å². The number of rotatable bonds is 24. The van der Waals surface area contributed by atoms with Crippen LogP contribution in [0.3, 0.4) is 0 Å². The van der Waals surface area contributed by atoms with Crippen molar-refractivity contribution in [3.05, 3.63) is 133 Å². The summed E-state index contributed by atoms with van der Waals surface area (Å²) >= 11 is 0. The van der Waals surface area contributed by atoms with E-state index in [1.54, 1.807) is 17.1 Å². The number of carbonyl (C=O) groups is 4. The Balaban J connectivity index is 1.62. The second-order valence-corrected chi connectivity index (χ2v) is 12.7. The second kappa shape index (κ2) is 24.1. The summed E-state index contributed by atoms with van der Waals surface area (Å²) in [7, 11) is 0. The molecule has 3 rings (SSSR count). The first kappa shape index (κ1) is 41.2. The van der Waals surface area contributed by atoms with Crippen LogP contribution in [0.25, 0.3) is 0 Å². The third kappa shape index (κ3) is 15.8. The maximum Gasteiger partial charge on any atom is 0.407 e. The maximum atomic E-state index is 13.7. The number of alkyl carbamates (subject to hydrolysis) is 1. The van der Waals surface area contributed by atoms with Crippen LogP contribution in [0, 0.1) is 11.8 Å². The van der Waals surface area contributed by atoms with Crippen LogP contribution in [-0.4, -0.2) is 66.2 Å². The van der Waals surface area contributed by atoms with Crippen LogP contribution in [0.4, 0.5) is 4.79 Å². The van der Waals surface area contributed by atoms with Gasteiger partial charge in [-0.3, -0.25) is 14.4 Å². The number of allylic oxidation sites excluding steroid dienone is 2. The van der Waals surface area contributed by atoms with E-state index in [0.717, 1.165) is 16.7 Å². The Kier molecular flexibility index (Phi) is 19.1. The van der Waals surface area contributed by atoms with E-state index in [9.17, 15) is 24.3 Å². The molecule has 0 bridgehead atoms. The molecule has 0 spiro atoms.